The summed E-state index contributed by atoms with van der Waals surface area (Å²) in [6.45, 7) is 6.95. The molecule has 0 atom stereocenters. The number of pyridine rings is 1. The molecule has 0 saturated carbocycles. The Labute approximate surface area is 135 Å². The predicted molar refractivity (Wildman–Crippen MR) is 96.7 cm³/mol. The average Bonchev–Trinajstić information content (AvgIpc) is 2.55. The van der Waals surface area contributed by atoms with E-state index in [4.69, 9.17) is 6.42 Å². The third-order valence-corrected chi connectivity index (χ3v) is 20.1. The van der Waals surface area contributed by atoms with Gasteiger partial charge >= 0.3 is 136 Å². The SMILES string of the molecule is C#Cc1cc[c]([Sn]([CH2]CCC)([CH2]CCC)[CH2]CCC)cn1. The molecule has 1 rings (SSSR count). The summed E-state index contributed by atoms with van der Waals surface area (Å²) in [5.41, 5.74) is 0.778. The second-order valence-corrected chi connectivity index (χ2v) is 19.4. The molecule has 0 aliphatic heterocycles. The van der Waals surface area contributed by atoms with Crippen LogP contribution >= 0.6 is 0 Å². The van der Waals surface area contributed by atoms with Crippen LogP contribution in [0.3, 0.4) is 0 Å². The molecule has 0 aliphatic carbocycles. The molecule has 116 valence electrons. The van der Waals surface area contributed by atoms with E-state index in [0.29, 0.717) is 0 Å². The van der Waals surface area contributed by atoms with E-state index in [1.165, 1.54) is 51.8 Å². The van der Waals surface area contributed by atoms with Crippen LogP contribution < -0.4 is 3.58 Å². The van der Waals surface area contributed by atoms with E-state index < -0.39 is 18.4 Å². The van der Waals surface area contributed by atoms with E-state index in [9.17, 15) is 0 Å². The molecule has 1 nitrogen and oxygen atoms in total. The van der Waals surface area contributed by atoms with Crippen molar-refractivity contribution in [2.24, 2.45) is 0 Å². The Morgan fingerprint density at radius 2 is 1.48 bits per heavy atom. The molecule has 0 unspecified atom stereocenters. The van der Waals surface area contributed by atoms with Gasteiger partial charge in [0.2, 0.25) is 0 Å². The molecule has 1 aromatic rings. The molecule has 0 bridgehead atoms. The summed E-state index contributed by atoms with van der Waals surface area (Å²) in [5.74, 6) is 2.65. The summed E-state index contributed by atoms with van der Waals surface area (Å²) >= 11 is -2.28. The summed E-state index contributed by atoms with van der Waals surface area (Å²) in [7, 11) is 0. The van der Waals surface area contributed by atoms with E-state index in [0.717, 1.165) is 5.69 Å². The van der Waals surface area contributed by atoms with Crippen molar-refractivity contribution in [3.8, 4) is 12.3 Å². The van der Waals surface area contributed by atoms with Crippen molar-refractivity contribution in [3.05, 3.63) is 24.0 Å². The molecule has 0 amide bonds. The molecule has 2 heteroatoms. The van der Waals surface area contributed by atoms with Crippen LogP contribution in [0.2, 0.25) is 13.3 Å². The van der Waals surface area contributed by atoms with Gasteiger partial charge in [-0.2, -0.15) is 0 Å². The summed E-state index contributed by atoms with van der Waals surface area (Å²) in [5, 5.41) is 0. The van der Waals surface area contributed by atoms with Crippen LogP contribution in [0.4, 0.5) is 0 Å². The fraction of sp³-hybridized carbons (Fsp3) is 0.632. The van der Waals surface area contributed by atoms with Gasteiger partial charge in [-0.25, -0.2) is 0 Å². The summed E-state index contributed by atoms with van der Waals surface area (Å²) in [6, 6.07) is 4.38. The van der Waals surface area contributed by atoms with E-state index in [-0.39, 0.29) is 0 Å². The van der Waals surface area contributed by atoms with Gasteiger partial charge in [-0.1, -0.05) is 0 Å². The minimum atomic E-state index is -2.28. The first kappa shape index (κ1) is 18.6. The first-order valence-electron chi connectivity index (χ1n) is 8.65. The monoisotopic (exact) mass is 393 g/mol. The molecule has 0 aliphatic rings. The minimum absolute atomic E-state index is 0.778. The van der Waals surface area contributed by atoms with Crippen LogP contribution in [0.25, 0.3) is 0 Å². The Balaban J connectivity index is 3.06. The molecular weight excluding hydrogens is 361 g/mol. The Morgan fingerprint density at radius 3 is 1.81 bits per heavy atom. The predicted octanol–water partition coefficient (Wildman–Crippen LogP) is 5.12. The van der Waals surface area contributed by atoms with Crippen molar-refractivity contribution in [1.29, 1.82) is 0 Å². The summed E-state index contributed by atoms with van der Waals surface area (Å²) in [6.07, 6.45) is 15.7. The topological polar surface area (TPSA) is 12.9 Å². The van der Waals surface area contributed by atoms with Crippen molar-refractivity contribution in [1.82, 2.24) is 4.98 Å². The van der Waals surface area contributed by atoms with Gasteiger partial charge in [0, 0.05) is 0 Å². The standard InChI is InChI=1S/C7H4N.3C4H9.Sn/c1-2-7-5-3-4-6-8-7;3*1-3-4-2;/h1,3,5-6H;3*1,3-4H2,2H3;. The van der Waals surface area contributed by atoms with Gasteiger partial charge in [0.15, 0.2) is 0 Å². The second kappa shape index (κ2) is 10.3. The van der Waals surface area contributed by atoms with Gasteiger partial charge in [-0.3, -0.25) is 0 Å². The molecule has 21 heavy (non-hydrogen) atoms. The number of terminal acetylenes is 1. The van der Waals surface area contributed by atoms with Crippen LogP contribution in [-0.4, -0.2) is 23.4 Å². The number of rotatable bonds is 10. The Hall–Kier alpha value is -0.491. The van der Waals surface area contributed by atoms with E-state index in [1.807, 2.05) is 0 Å². The maximum absolute atomic E-state index is 5.45. The molecule has 0 saturated heterocycles. The second-order valence-electron chi connectivity index (χ2n) is 6.17. The molecule has 0 fully saturated rings. The Bertz CT molecular complexity index is 408. The molecule has 0 spiro atoms. The van der Waals surface area contributed by atoms with Gasteiger partial charge in [0.25, 0.3) is 0 Å². The molecule has 0 aromatic carbocycles. The number of hydrogen-bond acceptors (Lipinski definition) is 1. The zero-order valence-electron chi connectivity index (χ0n) is 14.1. The van der Waals surface area contributed by atoms with Gasteiger partial charge < -0.3 is 0 Å². The number of unbranched alkanes of at least 4 members (excludes halogenated alkanes) is 3. The first-order chi connectivity index (χ1) is 10.2. The van der Waals surface area contributed by atoms with Crippen molar-refractivity contribution >= 4 is 22.0 Å². The van der Waals surface area contributed by atoms with Crippen molar-refractivity contribution in [2.75, 3.05) is 0 Å². The van der Waals surface area contributed by atoms with Crippen LogP contribution in [0.15, 0.2) is 18.3 Å². The van der Waals surface area contributed by atoms with Crippen LogP contribution in [0.1, 0.15) is 65.0 Å². The van der Waals surface area contributed by atoms with E-state index in [2.05, 4.69) is 50.0 Å². The van der Waals surface area contributed by atoms with E-state index >= 15 is 0 Å². The van der Waals surface area contributed by atoms with Crippen LogP contribution in [0, 0.1) is 12.3 Å². The normalized spacial score (nSPS) is 11.3. The molecular formula is C19H31NSn. The number of nitrogens with zero attached hydrogens (tertiary/aromatic N) is 1. The van der Waals surface area contributed by atoms with Crippen molar-refractivity contribution in [3.63, 3.8) is 0 Å². The Kier molecular flexibility index (Phi) is 9.08. The summed E-state index contributed by atoms with van der Waals surface area (Å²) in [4.78, 5) is 4.50. The number of hydrogen-bond donors (Lipinski definition) is 0. The molecule has 1 aromatic heterocycles. The number of aromatic nitrogens is 1. The summed E-state index contributed by atoms with van der Waals surface area (Å²) < 4.78 is 6.07. The van der Waals surface area contributed by atoms with Gasteiger partial charge in [0.1, 0.15) is 0 Å². The molecule has 0 N–H and O–H groups in total. The van der Waals surface area contributed by atoms with Crippen molar-refractivity contribution in [2.45, 2.75) is 72.6 Å². The van der Waals surface area contributed by atoms with Gasteiger partial charge in [0.05, 0.1) is 0 Å². The average molecular weight is 392 g/mol. The fourth-order valence-corrected chi connectivity index (χ4v) is 18.8. The third-order valence-electron chi connectivity index (χ3n) is 4.55. The molecule has 1 heterocycles. The molecule has 0 radical (unpaired) electrons. The van der Waals surface area contributed by atoms with Gasteiger partial charge in [-0.15, -0.1) is 0 Å². The zero-order valence-corrected chi connectivity index (χ0v) is 17.0. The van der Waals surface area contributed by atoms with E-state index in [1.54, 1.807) is 3.58 Å². The zero-order chi connectivity index (χ0) is 15.6. The van der Waals surface area contributed by atoms with Crippen LogP contribution in [-0.2, 0) is 0 Å². The van der Waals surface area contributed by atoms with Crippen molar-refractivity contribution < 1.29 is 0 Å². The Morgan fingerprint density at radius 1 is 0.952 bits per heavy atom. The quantitative estimate of drug-likeness (QED) is 0.398. The first-order valence-corrected chi connectivity index (χ1v) is 16.1. The maximum atomic E-state index is 5.45. The third kappa shape index (κ3) is 5.66. The van der Waals surface area contributed by atoms with Crippen LogP contribution in [0.5, 0.6) is 0 Å². The van der Waals surface area contributed by atoms with Gasteiger partial charge in [-0.05, 0) is 0 Å². The fourth-order valence-electron chi connectivity index (χ4n) is 3.15.